The molecule has 2 aliphatic rings. The number of nitrogens with zero attached hydrogens (tertiary/aromatic N) is 1. The predicted octanol–water partition coefficient (Wildman–Crippen LogP) is 4.73. The minimum atomic E-state index is 0.00136. The number of benzene rings is 1. The molecule has 0 aromatic heterocycles. The molecule has 0 radical (unpaired) electrons. The van der Waals surface area contributed by atoms with Gasteiger partial charge in [-0.1, -0.05) is 62.9 Å². The van der Waals surface area contributed by atoms with E-state index in [0.717, 1.165) is 50.3 Å². The first-order valence-corrected chi connectivity index (χ1v) is 10.8. The van der Waals surface area contributed by atoms with Crippen LogP contribution in [0.2, 0.25) is 0 Å². The van der Waals surface area contributed by atoms with Crippen LogP contribution in [0.25, 0.3) is 0 Å². The lowest BCUT2D eigenvalue weighted by molar-refractivity contribution is -0.123. The number of amides is 1. The van der Waals surface area contributed by atoms with Crippen molar-refractivity contribution < 1.29 is 4.79 Å². The van der Waals surface area contributed by atoms with Gasteiger partial charge >= 0.3 is 0 Å². The fourth-order valence-corrected chi connectivity index (χ4v) is 4.72. The number of hydrogen-bond donors (Lipinski definition) is 1. The van der Waals surface area contributed by atoms with Crippen LogP contribution in [0.1, 0.15) is 76.2 Å². The maximum absolute atomic E-state index is 12.9. The van der Waals surface area contributed by atoms with E-state index in [1.807, 2.05) is 18.2 Å². The Labute approximate surface area is 159 Å². The highest BCUT2D eigenvalue weighted by Gasteiger charge is 2.26. The quantitative estimate of drug-likeness (QED) is 0.766. The lowest BCUT2D eigenvalue weighted by Crippen LogP contribution is -2.47. The van der Waals surface area contributed by atoms with Gasteiger partial charge in [0.25, 0.3) is 0 Å². The molecule has 1 aromatic carbocycles. The second-order valence-electron chi connectivity index (χ2n) is 8.34. The molecule has 1 aromatic rings. The van der Waals surface area contributed by atoms with Crippen molar-refractivity contribution in [3.05, 3.63) is 35.9 Å². The van der Waals surface area contributed by atoms with Crippen LogP contribution in [0, 0.1) is 5.92 Å². The molecule has 0 spiro atoms. The topological polar surface area (TPSA) is 32.3 Å². The molecule has 1 saturated heterocycles. The van der Waals surface area contributed by atoms with Gasteiger partial charge in [-0.05, 0) is 43.6 Å². The first-order valence-electron chi connectivity index (χ1n) is 10.8. The molecular formula is C23H36N2O. The summed E-state index contributed by atoms with van der Waals surface area (Å²) in [5, 5.41) is 3.36. The Hall–Kier alpha value is -1.35. The van der Waals surface area contributed by atoms with Crippen molar-refractivity contribution in [3.8, 4) is 0 Å². The van der Waals surface area contributed by atoms with Gasteiger partial charge in [0, 0.05) is 25.7 Å². The largest absolute Gasteiger partial charge is 0.353 e. The van der Waals surface area contributed by atoms with Crippen LogP contribution in [0.4, 0.5) is 0 Å². The van der Waals surface area contributed by atoms with Gasteiger partial charge in [-0.25, -0.2) is 0 Å². The van der Waals surface area contributed by atoms with Crippen LogP contribution in [-0.2, 0) is 4.79 Å². The molecule has 1 unspecified atom stereocenters. The Morgan fingerprint density at radius 1 is 1.08 bits per heavy atom. The molecule has 1 amide bonds. The van der Waals surface area contributed by atoms with Crippen LogP contribution >= 0.6 is 0 Å². The van der Waals surface area contributed by atoms with Gasteiger partial charge in [-0.2, -0.15) is 0 Å². The average Bonchev–Trinajstić information content (AvgIpc) is 2.69. The summed E-state index contributed by atoms with van der Waals surface area (Å²) >= 11 is 0. The van der Waals surface area contributed by atoms with E-state index >= 15 is 0 Å². The molecule has 1 heterocycles. The van der Waals surface area contributed by atoms with Crippen LogP contribution in [0.5, 0.6) is 0 Å². The molecule has 3 nitrogen and oxygen atoms in total. The van der Waals surface area contributed by atoms with Gasteiger partial charge in [0.2, 0.25) is 5.91 Å². The summed E-state index contributed by atoms with van der Waals surface area (Å²) in [7, 11) is 0. The Morgan fingerprint density at radius 2 is 1.77 bits per heavy atom. The Bertz CT molecular complexity index is 530. The third-order valence-corrected chi connectivity index (χ3v) is 6.27. The highest BCUT2D eigenvalue weighted by Crippen LogP contribution is 2.26. The molecule has 1 aliphatic carbocycles. The molecule has 144 valence electrons. The normalized spacial score (nSPS) is 21.4. The molecule has 3 heteroatoms. The first kappa shape index (κ1) is 19.4. The highest BCUT2D eigenvalue weighted by atomic mass is 16.1. The van der Waals surface area contributed by atoms with E-state index in [1.54, 1.807) is 0 Å². The molecular weight excluding hydrogens is 320 g/mol. The van der Waals surface area contributed by atoms with Crippen molar-refractivity contribution in [1.29, 1.82) is 0 Å². The monoisotopic (exact) mass is 356 g/mol. The van der Waals surface area contributed by atoms with Crippen molar-refractivity contribution in [1.82, 2.24) is 10.2 Å². The van der Waals surface area contributed by atoms with Gasteiger partial charge in [0.1, 0.15) is 0 Å². The van der Waals surface area contributed by atoms with Gasteiger partial charge in [-0.15, -0.1) is 0 Å². The second-order valence-corrected chi connectivity index (χ2v) is 8.34. The molecule has 2 fully saturated rings. The van der Waals surface area contributed by atoms with Crippen LogP contribution in [0.3, 0.4) is 0 Å². The number of rotatable bonds is 7. The standard InChI is InChI=1S/C23H36N2O/c1-2-9-22(20-12-7-4-8-13-20)23(26)24-21-14-16-25(17-15-21)18-19-10-5-3-6-11-19/h4,7-8,12-13,19,21-22H,2-3,5-6,9-11,14-18H2,1H3,(H,24,26). The minimum Gasteiger partial charge on any atom is -0.353 e. The van der Waals surface area contributed by atoms with Crippen LogP contribution in [-0.4, -0.2) is 36.5 Å². The third-order valence-electron chi connectivity index (χ3n) is 6.27. The smallest absolute Gasteiger partial charge is 0.227 e. The molecule has 26 heavy (non-hydrogen) atoms. The number of carbonyl (C=O) groups is 1. The number of likely N-dealkylation sites (tertiary alicyclic amines) is 1. The minimum absolute atomic E-state index is 0.00136. The van der Waals surface area contributed by atoms with E-state index < -0.39 is 0 Å². The van der Waals surface area contributed by atoms with Crippen molar-refractivity contribution in [2.45, 2.75) is 76.7 Å². The van der Waals surface area contributed by atoms with E-state index in [4.69, 9.17) is 0 Å². The van der Waals surface area contributed by atoms with E-state index in [-0.39, 0.29) is 11.8 Å². The van der Waals surface area contributed by atoms with E-state index in [0.29, 0.717) is 6.04 Å². The van der Waals surface area contributed by atoms with Crippen molar-refractivity contribution in [2.75, 3.05) is 19.6 Å². The van der Waals surface area contributed by atoms with Gasteiger partial charge in [0.05, 0.1) is 5.92 Å². The summed E-state index contributed by atoms with van der Waals surface area (Å²) in [5.41, 5.74) is 1.15. The highest BCUT2D eigenvalue weighted by molar-refractivity contribution is 5.83. The summed E-state index contributed by atoms with van der Waals surface area (Å²) in [6.07, 6.45) is 11.3. The number of nitrogens with one attached hydrogen (secondary N) is 1. The fourth-order valence-electron chi connectivity index (χ4n) is 4.72. The summed E-state index contributed by atoms with van der Waals surface area (Å²) < 4.78 is 0. The first-order chi connectivity index (χ1) is 12.8. The van der Waals surface area contributed by atoms with Gasteiger partial charge in [0.15, 0.2) is 0 Å². The molecule has 1 saturated carbocycles. The molecule has 1 N–H and O–H groups in total. The fraction of sp³-hybridized carbons (Fsp3) is 0.696. The van der Waals surface area contributed by atoms with Crippen LogP contribution < -0.4 is 5.32 Å². The molecule has 1 atom stereocenters. The van der Waals surface area contributed by atoms with E-state index in [9.17, 15) is 4.79 Å². The lowest BCUT2D eigenvalue weighted by Gasteiger charge is -2.36. The Morgan fingerprint density at radius 3 is 2.42 bits per heavy atom. The second kappa shape index (κ2) is 10.1. The van der Waals surface area contributed by atoms with Gasteiger partial charge < -0.3 is 10.2 Å². The maximum atomic E-state index is 12.9. The Kier molecular flexibility index (Phi) is 7.55. The zero-order valence-corrected chi connectivity index (χ0v) is 16.5. The number of carbonyl (C=O) groups excluding carboxylic acids is 1. The molecule has 0 bridgehead atoms. The lowest BCUT2D eigenvalue weighted by atomic mass is 9.88. The van der Waals surface area contributed by atoms with Crippen molar-refractivity contribution in [2.24, 2.45) is 5.92 Å². The summed E-state index contributed by atoms with van der Waals surface area (Å²) in [6, 6.07) is 10.6. The summed E-state index contributed by atoms with van der Waals surface area (Å²) in [4.78, 5) is 15.5. The van der Waals surface area contributed by atoms with Crippen molar-refractivity contribution in [3.63, 3.8) is 0 Å². The Balaban J connectivity index is 1.46. The maximum Gasteiger partial charge on any atom is 0.227 e. The summed E-state index contributed by atoms with van der Waals surface area (Å²) in [6.45, 7) is 5.73. The van der Waals surface area contributed by atoms with Gasteiger partial charge in [-0.3, -0.25) is 4.79 Å². The number of hydrogen-bond acceptors (Lipinski definition) is 2. The average molecular weight is 357 g/mol. The number of piperidine rings is 1. The zero-order valence-electron chi connectivity index (χ0n) is 16.5. The summed E-state index contributed by atoms with van der Waals surface area (Å²) in [5.74, 6) is 1.15. The van der Waals surface area contributed by atoms with E-state index in [2.05, 4.69) is 29.3 Å². The molecule has 3 rings (SSSR count). The van der Waals surface area contributed by atoms with Crippen molar-refractivity contribution >= 4 is 5.91 Å². The third kappa shape index (κ3) is 5.57. The predicted molar refractivity (Wildman–Crippen MR) is 108 cm³/mol. The zero-order chi connectivity index (χ0) is 18.2. The van der Waals surface area contributed by atoms with Crippen LogP contribution in [0.15, 0.2) is 30.3 Å². The molecule has 1 aliphatic heterocycles. The van der Waals surface area contributed by atoms with E-state index in [1.165, 1.54) is 38.6 Å². The SMILES string of the molecule is CCCC(C(=O)NC1CCN(CC2CCCCC2)CC1)c1ccccc1.